The van der Waals surface area contributed by atoms with Crippen molar-refractivity contribution in [2.45, 2.75) is 13.3 Å². The molecule has 0 bridgehead atoms. The molecule has 6 rings (SSSR count). The smallest absolute Gasteiger partial charge is 0.255 e. The molecule has 5 aromatic rings. The predicted octanol–water partition coefficient (Wildman–Crippen LogP) is 5.12. The summed E-state index contributed by atoms with van der Waals surface area (Å²) in [6, 6.07) is 12.1. The van der Waals surface area contributed by atoms with Gasteiger partial charge >= 0.3 is 0 Å². The lowest BCUT2D eigenvalue weighted by atomic mass is 10.2. The Kier molecular flexibility index (Phi) is 6.80. The lowest BCUT2D eigenvalue weighted by Gasteiger charge is -2.16. The normalized spacial score (nSPS) is 14.6. The first-order valence-corrected chi connectivity index (χ1v) is 13.2. The minimum absolute atomic E-state index is 0.0653. The summed E-state index contributed by atoms with van der Waals surface area (Å²) in [5, 5.41) is 3.07. The van der Waals surface area contributed by atoms with Gasteiger partial charge in [0.25, 0.3) is 5.91 Å². The van der Waals surface area contributed by atoms with Crippen molar-refractivity contribution < 1.29 is 13.9 Å². The van der Waals surface area contributed by atoms with E-state index in [1.165, 1.54) is 12.4 Å². The number of aromatic nitrogens is 5. The molecule has 0 atom stereocenters. The summed E-state index contributed by atoms with van der Waals surface area (Å²) in [5.41, 5.74) is 4.48. The molecule has 0 radical (unpaired) electrons. The number of halogens is 1. The van der Waals surface area contributed by atoms with Gasteiger partial charge < -0.3 is 19.5 Å². The van der Waals surface area contributed by atoms with Gasteiger partial charge in [-0.3, -0.25) is 9.69 Å². The van der Waals surface area contributed by atoms with Crippen molar-refractivity contribution in [3.05, 3.63) is 78.1 Å². The number of carbonyl (C=O) groups excluding carboxylic acids is 1. The molecule has 10 nitrogen and oxygen atoms in total. The Balaban J connectivity index is 1.26. The van der Waals surface area contributed by atoms with Crippen molar-refractivity contribution in [1.29, 1.82) is 0 Å². The van der Waals surface area contributed by atoms with Gasteiger partial charge in [-0.25, -0.2) is 24.3 Å². The lowest BCUT2D eigenvalue weighted by Crippen LogP contribution is -2.25. The van der Waals surface area contributed by atoms with Crippen molar-refractivity contribution in [1.82, 2.24) is 29.4 Å². The number of pyridine rings is 1. The van der Waals surface area contributed by atoms with Gasteiger partial charge in [-0.2, -0.15) is 0 Å². The number of aryl methyl sites for hydroxylation is 2. The zero-order valence-electron chi connectivity index (χ0n) is 23.2. The summed E-state index contributed by atoms with van der Waals surface area (Å²) in [5.74, 6) is 1.21. The topological polar surface area (TPSA) is 101 Å². The first-order valence-electron chi connectivity index (χ1n) is 13.2. The van der Waals surface area contributed by atoms with E-state index in [1.807, 2.05) is 61.8 Å². The van der Waals surface area contributed by atoms with Crippen LogP contribution in [0.15, 0.2) is 66.8 Å². The Labute approximate surface area is 236 Å². The third-order valence-electron chi connectivity index (χ3n) is 7.01. The van der Waals surface area contributed by atoms with E-state index < -0.39 is 5.82 Å². The monoisotopic (exact) mass is 552 g/mol. The molecule has 0 spiro atoms. The quantitative estimate of drug-likeness (QED) is 0.278. The third kappa shape index (κ3) is 5.19. The maximum atomic E-state index is 15.3. The van der Waals surface area contributed by atoms with Crippen molar-refractivity contribution in [2.24, 2.45) is 7.05 Å². The molecular weight excluding hydrogens is 523 g/mol. The van der Waals surface area contributed by atoms with Crippen LogP contribution in [0.2, 0.25) is 0 Å². The van der Waals surface area contributed by atoms with Crippen molar-refractivity contribution in [3.8, 4) is 11.5 Å². The number of nitrogens with one attached hydrogen (secondary N) is 1. The number of benzene rings is 2. The Hall–Kier alpha value is -4.90. The number of hydrogen-bond acceptors (Lipinski definition) is 8. The van der Waals surface area contributed by atoms with Crippen LogP contribution in [0, 0.1) is 12.7 Å². The number of rotatable bonds is 7. The number of ether oxygens (including phenoxy) is 1. The molecule has 41 heavy (non-hydrogen) atoms. The minimum Gasteiger partial charge on any atom is -0.457 e. The second kappa shape index (κ2) is 10.6. The molecule has 0 aliphatic carbocycles. The first-order chi connectivity index (χ1) is 19.8. The molecule has 1 aliphatic rings. The number of nitrogens with zero attached hydrogens (tertiary/aromatic N) is 7. The van der Waals surface area contributed by atoms with E-state index in [0.717, 1.165) is 22.2 Å². The zero-order valence-corrected chi connectivity index (χ0v) is 23.2. The Morgan fingerprint density at radius 3 is 2.78 bits per heavy atom. The summed E-state index contributed by atoms with van der Waals surface area (Å²) in [4.78, 5) is 34.4. The zero-order chi connectivity index (χ0) is 28.7. The fourth-order valence-corrected chi connectivity index (χ4v) is 4.79. The average molecular weight is 553 g/mol. The molecule has 208 valence electrons. The van der Waals surface area contributed by atoms with Gasteiger partial charge in [-0.15, -0.1) is 0 Å². The van der Waals surface area contributed by atoms with Crippen LogP contribution in [0.3, 0.4) is 0 Å². The molecule has 1 aliphatic heterocycles. The predicted molar refractivity (Wildman–Crippen MR) is 156 cm³/mol. The lowest BCUT2D eigenvalue weighted by molar-refractivity contribution is -0.114. The van der Waals surface area contributed by atoms with E-state index in [9.17, 15) is 4.79 Å². The fourth-order valence-electron chi connectivity index (χ4n) is 4.79. The van der Waals surface area contributed by atoms with Crippen LogP contribution in [0.25, 0.3) is 22.1 Å². The molecule has 1 amide bonds. The van der Waals surface area contributed by atoms with Crippen LogP contribution >= 0.6 is 0 Å². The van der Waals surface area contributed by atoms with Gasteiger partial charge in [0.2, 0.25) is 0 Å². The largest absolute Gasteiger partial charge is 0.457 e. The average Bonchev–Trinajstić information content (AvgIpc) is 3.51. The summed E-state index contributed by atoms with van der Waals surface area (Å²) in [7, 11) is 5.84. The Morgan fingerprint density at radius 2 is 1.95 bits per heavy atom. The standard InChI is InChI=1S/C30H29FN8O2/c1-18-13-23(21(31)15-26(18)41-20-5-7-25-24(14-20)34-17-38(25)4)35-29-28-22(32-16-33-29)6-8-27(36-28)39-12-10-19(30(39)40)9-11-37(2)3/h5-9,13-17H,10-12H2,1-4H3,(H,32,33,35)/b19-9+. The van der Waals surface area contributed by atoms with Crippen LogP contribution in [0.4, 0.5) is 21.7 Å². The number of amides is 1. The highest BCUT2D eigenvalue weighted by Crippen LogP contribution is 2.33. The summed E-state index contributed by atoms with van der Waals surface area (Å²) >= 11 is 0. The van der Waals surface area contributed by atoms with E-state index in [2.05, 4.69) is 20.3 Å². The third-order valence-corrected chi connectivity index (χ3v) is 7.01. The molecule has 1 fully saturated rings. The molecule has 4 heterocycles. The number of fused-ring (bicyclic) bond motifs is 2. The fraction of sp³-hybridized carbons (Fsp3) is 0.233. The number of likely N-dealkylation sites (N-methyl/N-ethyl adjacent to an activating group) is 1. The van der Waals surface area contributed by atoms with Gasteiger partial charge in [0.15, 0.2) is 5.82 Å². The highest BCUT2D eigenvalue weighted by Gasteiger charge is 2.28. The molecule has 11 heteroatoms. The molecule has 1 N–H and O–H groups in total. The SMILES string of the molecule is Cc1cc(Nc2ncnc3ccc(N4CC/C(=C\CN(C)C)C4=O)nc23)c(F)cc1Oc1ccc2c(c1)ncn2C. The maximum Gasteiger partial charge on any atom is 0.255 e. The Bertz CT molecular complexity index is 1830. The molecule has 1 saturated heterocycles. The highest BCUT2D eigenvalue weighted by molar-refractivity contribution is 6.08. The van der Waals surface area contributed by atoms with E-state index in [1.54, 1.807) is 29.4 Å². The van der Waals surface area contributed by atoms with Crippen molar-refractivity contribution in [3.63, 3.8) is 0 Å². The van der Waals surface area contributed by atoms with Gasteiger partial charge in [0.05, 0.1) is 28.6 Å². The Morgan fingerprint density at radius 1 is 1.10 bits per heavy atom. The molecule has 3 aromatic heterocycles. The molecule has 0 unspecified atom stereocenters. The summed E-state index contributed by atoms with van der Waals surface area (Å²) in [6.45, 7) is 3.07. The van der Waals surface area contributed by atoms with Gasteiger partial charge in [0, 0.05) is 37.8 Å². The van der Waals surface area contributed by atoms with Crippen molar-refractivity contribution >= 4 is 45.3 Å². The molecule has 2 aromatic carbocycles. The number of hydrogen-bond donors (Lipinski definition) is 1. The van der Waals surface area contributed by atoms with E-state index in [0.29, 0.717) is 53.7 Å². The molecular formula is C30H29FN8O2. The molecule has 0 saturated carbocycles. The van der Waals surface area contributed by atoms with Gasteiger partial charge in [-0.05, 0) is 63.3 Å². The first kappa shape index (κ1) is 26.3. The number of anilines is 3. The number of carbonyl (C=O) groups is 1. The van der Waals surface area contributed by atoms with Crippen LogP contribution in [0.5, 0.6) is 11.5 Å². The van der Waals surface area contributed by atoms with E-state index in [-0.39, 0.29) is 11.6 Å². The minimum atomic E-state index is -0.516. The number of imidazole rings is 1. The van der Waals surface area contributed by atoms with Gasteiger partial charge in [-0.1, -0.05) is 6.08 Å². The van der Waals surface area contributed by atoms with E-state index >= 15 is 4.39 Å². The van der Waals surface area contributed by atoms with E-state index in [4.69, 9.17) is 9.72 Å². The second-order valence-corrected chi connectivity index (χ2v) is 10.3. The van der Waals surface area contributed by atoms with Crippen LogP contribution in [0.1, 0.15) is 12.0 Å². The summed E-state index contributed by atoms with van der Waals surface area (Å²) < 4.78 is 23.3. The highest BCUT2D eigenvalue weighted by atomic mass is 19.1. The van der Waals surface area contributed by atoms with Gasteiger partial charge in [0.1, 0.15) is 35.0 Å². The summed E-state index contributed by atoms with van der Waals surface area (Å²) in [6.07, 6.45) is 5.73. The second-order valence-electron chi connectivity index (χ2n) is 10.3. The van der Waals surface area contributed by atoms with Crippen LogP contribution < -0.4 is 15.0 Å². The van der Waals surface area contributed by atoms with Crippen LogP contribution in [-0.2, 0) is 11.8 Å². The van der Waals surface area contributed by atoms with Crippen LogP contribution in [-0.4, -0.2) is 62.5 Å². The maximum absolute atomic E-state index is 15.3. The van der Waals surface area contributed by atoms with Crippen molar-refractivity contribution in [2.75, 3.05) is 37.4 Å².